The lowest BCUT2D eigenvalue weighted by molar-refractivity contribution is 0.102. The second-order valence-corrected chi connectivity index (χ2v) is 6.47. The number of nitrogens with one attached hydrogen (secondary N) is 2. The van der Waals surface area contributed by atoms with Crippen LogP contribution in [0, 0.1) is 13.8 Å². The molecule has 2 aromatic carbocycles. The first-order valence-electron chi connectivity index (χ1n) is 8.27. The van der Waals surface area contributed by atoms with Crippen molar-refractivity contribution in [3.05, 3.63) is 70.5 Å². The first kappa shape index (κ1) is 18.7. The number of hydrogen-bond donors (Lipinski definition) is 2. The van der Waals surface area contributed by atoms with Crippen LogP contribution in [-0.2, 0) is 0 Å². The maximum absolute atomic E-state index is 12.5. The summed E-state index contributed by atoms with van der Waals surface area (Å²) in [5.41, 5.74) is 3.78. The predicted molar refractivity (Wildman–Crippen MR) is 107 cm³/mol. The minimum Gasteiger partial charge on any atom is -0.495 e. The number of rotatable bonds is 5. The van der Waals surface area contributed by atoms with Gasteiger partial charge >= 0.3 is 0 Å². The summed E-state index contributed by atoms with van der Waals surface area (Å²) in [5.74, 6) is 0.671. The van der Waals surface area contributed by atoms with Crippen molar-refractivity contribution in [2.75, 3.05) is 17.7 Å². The number of methoxy groups -OCH3 is 1. The van der Waals surface area contributed by atoms with Crippen LogP contribution in [0.5, 0.6) is 5.75 Å². The van der Waals surface area contributed by atoms with Crippen LogP contribution in [0.2, 0.25) is 5.02 Å². The number of carbonyl (C=O) groups is 1. The Hall–Kier alpha value is -3.12. The SMILES string of the molecule is COc1ccc(C)cc1NC(=O)c1cnc(Nc2ccc(Cl)cc2C)nc1. The number of aromatic nitrogens is 2. The van der Waals surface area contributed by atoms with Crippen molar-refractivity contribution in [3.8, 4) is 5.75 Å². The molecule has 0 saturated carbocycles. The zero-order valence-corrected chi connectivity index (χ0v) is 16.0. The monoisotopic (exact) mass is 382 g/mol. The van der Waals surface area contributed by atoms with Crippen molar-refractivity contribution in [1.82, 2.24) is 9.97 Å². The molecule has 0 saturated heterocycles. The number of halogens is 1. The van der Waals surface area contributed by atoms with Gasteiger partial charge in [0.2, 0.25) is 5.95 Å². The second kappa shape index (κ2) is 8.05. The van der Waals surface area contributed by atoms with Gasteiger partial charge in [-0.25, -0.2) is 9.97 Å². The molecular weight excluding hydrogens is 364 g/mol. The number of aryl methyl sites for hydroxylation is 2. The highest BCUT2D eigenvalue weighted by Crippen LogP contribution is 2.26. The summed E-state index contributed by atoms with van der Waals surface area (Å²) in [6.07, 6.45) is 2.94. The van der Waals surface area contributed by atoms with E-state index in [2.05, 4.69) is 20.6 Å². The Morgan fingerprint density at radius 1 is 1.04 bits per heavy atom. The summed E-state index contributed by atoms with van der Waals surface area (Å²) >= 11 is 5.96. The number of anilines is 3. The van der Waals surface area contributed by atoms with Gasteiger partial charge in [0.1, 0.15) is 5.75 Å². The molecule has 27 heavy (non-hydrogen) atoms. The summed E-state index contributed by atoms with van der Waals surface area (Å²) in [6.45, 7) is 3.88. The molecular formula is C20H19ClN4O2. The molecule has 1 aromatic heterocycles. The normalized spacial score (nSPS) is 10.4. The Labute approximate surface area is 162 Å². The average Bonchev–Trinajstić information content (AvgIpc) is 2.65. The fourth-order valence-corrected chi connectivity index (χ4v) is 2.74. The van der Waals surface area contributed by atoms with Gasteiger partial charge in [0, 0.05) is 23.1 Å². The van der Waals surface area contributed by atoms with Crippen LogP contribution in [-0.4, -0.2) is 23.0 Å². The Kier molecular flexibility index (Phi) is 5.57. The highest BCUT2D eigenvalue weighted by Gasteiger charge is 2.11. The molecule has 0 unspecified atom stereocenters. The van der Waals surface area contributed by atoms with E-state index in [1.165, 1.54) is 12.4 Å². The van der Waals surface area contributed by atoms with E-state index in [0.717, 1.165) is 16.8 Å². The highest BCUT2D eigenvalue weighted by molar-refractivity contribution is 6.30. The van der Waals surface area contributed by atoms with Gasteiger partial charge in [-0.3, -0.25) is 4.79 Å². The molecule has 0 spiro atoms. The number of amides is 1. The Balaban J connectivity index is 1.73. The molecule has 0 aliphatic rings. The lowest BCUT2D eigenvalue weighted by Crippen LogP contribution is -2.14. The third kappa shape index (κ3) is 4.54. The van der Waals surface area contributed by atoms with E-state index in [0.29, 0.717) is 28.0 Å². The van der Waals surface area contributed by atoms with Crippen molar-refractivity contribution >= 4 is 34.8 Å². The minimum absolute atomic E-state index is 0.312. The second-order valence-electron chi connectivity index (χ2n) is 6.04. The molecule has 0 radical (unpaired) electrons. The Bertz CT molecular complexity index is 974. The van der Waals surface area contributed by atoms with Gasteiger partial charge in [-0.05, 0) is 55.3 Å². The van der Waals surface area contributed by atoms with Crippen molar-refractivity contribution in [2.24, 2.45) is 0 Å². The Morgan fingerprint density at radius 3 is 2.44 bits per heavy atom. The van der Waals surface area contributed by atoms with E-state index in [1.54, 1.807) is 13.2 Å². The first-order chi connectivity index (χ1) is 13.0. The molecule has 6 nitrogen and oxygen atoms in total. The lowest BCUT2D eigenvalue weighted by Gasteiger charge is -2.11. The van der Waals surface area contributed by atoms with E-state index in [-0.39, 0.29) is 5.91 Å². The molecule has 0 fully saturated rings. The summed E-state index contributed by atoms with van der Waals surface area (Å²) < 4.78 is 5.28. The predicted octanol–water partition coefficient (Wildman–Crippen LogP) is 4.75. The van der Waals surface area contributed by atoms with Crippen LogP contribution in [0.25, 0.3) is 0 Å². The number of hydrogen-bond acceptors (Lipinski definition) is 5. The molecule has 3 rings (SSSR count). The summed E-state index contributed by atoms with van der Waals surface area (Å²) in [5, 5.41) is 6.60. The zero-order valence-electron chi connectivity index (χ0n) is 15.2. The summed E-state index contributed by atoms with van der Waals surface area (Å²) in [4.78, 5) is 20.9. The van der Waals surface area contributed by atoms with Gasteiger partial charge in [-0.1, -0.05) is 17.7 Å². The fourth-order valence-electron chi connectivity index (χ4n) is 2.51. The molecule has 0 aliphatic heterocycles. The van der Waals surface area contributed by atoms with Gasteiger partial charge < -0.3 is 15.4 Å². The average molecular weight is 383 g/mol. The van der Waals surface area contributed by atoms with Gasteiger partial charge in [0.15, 0.2) is 0 Å². The number of ether oxygens (including phenoxy) is 1. The quantitative estimate of drug-likeness (QED) is 0.665. The summed E-state index contributed by atoms with van der Waals surface area (Å²) in [6, 6.07) is 11.1. The molecule has 2 N–H and O–H groups in total. The molecule has 3 aromatic rings. The molecule has 1 amide bonds. The Morgan fingerprint density at radius 2 is 1.78 bits per heavy atom. The van der Waals surface area contributed by atoms with E-state index < -0.39 is 0 Å². The van der Waals surface area contributed by atoms with Crippen LogP contribution in [0.1, 0.15) is 21.5 Å². The molecule has 1 heterocycles. The van der Waals surface area contributed by atoms with Gasteiger partial charge in [-0.15, -0.1) is 0 Å². The first-order valence-corrected chi connectivity index (χ1v) is 8.65. The van der Waals surface area contributed by atoms with Crippen molar-refractivity contribution in [2.45, 2.75) is 13.8 Å². The van der Waals surface area contributed by atoms with Gasteiger partial charge in [0.25, 0.3) is 5.91 Å². The highest BCUT2D eigenvalue weighted by atomic mass is 35.5. The van der Waals surface area contributed by atoms with E-state index >= 15 is 0 Å². The van der Waals surface area contributed by atoms with Crippen LogP contribution in [0.4, 0.5) is 17.3 Å². The molecule has 0 aliphatic carbocycles. The summed E-state index contributed by atoms with van der Waals surface area (Å²) in [7, 11) is 1.56. The fraction of sp³-hybridized carbons (Fsp3) is 0.150. The molecule has 7 heteroatoms. The van der Waals surface area contributed by atoms with Gasteiger partial charge in [-0.2, -0.15) is 0 Å². The third-order valence-electron chi connectivity index (χ3n) is 3.95. The van der Waals surface area contributed by atoms with Crippen LogP contribution < -0.4 is 15.4 Å². The third-order valence-corrected chi connectivity index (χ3v) is 4.19. The standard InChI is InChI=1S/C20H19ClN4O2/c1-12-4-7-18(27-3)17(8-12)24-19(26)14-10-22-20(23-11-14)25-16-6-5-15(21)9-13(16)2/h4-11H,1-3H3,(H,24,26)(H,22,23,25). The number of benzene rings is 2. The topological polar surface area (TPSA) is 76.1 Å². The van der Waals surface area contributed by atoms with Crippen LogP contribution >= 0.6 is 11.6 Å². The molecule has 0 atom stereocenters. The van der Waals surface area contributed by atoms with E-state index in [4.69, 9.17) is 16.3 Å². The minimum atomic E-state index is -0.312. The maximum Gasteiger partial charge on any atom is 0.258 e. The maximum atomic E-state index is 12.5. The van der Waals surface area contributed by atoms with Crippen molar-refractivity contribution in [1.29, 1.82) is 0 Å². The number of nitrogens with zero attached hydrogens (tertiary/aromatic N) is 2. The van der Waals surface area contributed by atoms with Crippen molar-refractivity contribution in [3.63, 3.8) is 0 Å². The number of carbonyl (C=O) groups excluding carboxylic acids is 1. The van der Waals surface area contributed by atoms with E-state index in [1.807, 2.05) is 44.2 Å². The zero-order chi connectivity index (χ0) is 19.4. The lowest BCUT2D eigenvalue weighted by atomic mass is 10.2. The van der Waals surface area contributed by atoms with E-state index in [9.17, 15) is 4.79 Å². The van der Waals surface area contributed by atoms with Crippen LogP contribution in [0.15, 0.2) is 48.8 Å². The van der Waals surface area contributed by atoms with Crippen molar-refractivity contribution < 1.29 is 9.53 Å². The van der Waals surface area contributed by atoms with Gasteiger partial charge in [0.05, 0.1) is 18.4 Å². The smallest absolute Gasteiger partial charge is 0.258 e. The molecule has 138 valence electrons. The van der Waals surface area contributed by atoms with Crippen LogP contribution in [0.3, 0.4) is 0 Å². The largest absolute Gasteiger partial charge is 0.495 e. The molecule has 0 bridgehead atoms.